The first-order valence-electron chi connectivity index (χ1n) is 9.95. The Balaban J connectivity index is 1.51. The normalized spacial score (nSPS) is 19.0. The van der Waals surface area contributed by atoms with Crippen molar-refractivity contribution in [1.29, 1.82) is 0 Å². The molecule has 3 aromatic rings. The number of benzene rings is 1. The van der Waals surface area contributed by atoms with E-state index in [-0.39, 0.29) is 18.0 Å². The summed E-state index contributed by atoms with van der Waals surface area (Å²) in [4.78, 5) is 24.9. The SMILES string of the molecule is CC(=O)N1C(C)CN(c2cc(-n3cnc(Nc4ccc(N)cc4)n3)ccn2)CC1C. The summed E-state index contributed by atoms with van der Waals surface area (Å²) >= 11 is 0. The van der Waals surface area contributed by atoms with E-state index in [0.717, 1.165) is 30.3 Å². The van der Waals surface area contributed by atoms with Gasteiger partial charge in [-0.25, -0.2) is 9.67 Å². The van der Waals surface area contributed by atoms with Crippen molar-refractivity contribution in [3.8, 4) is 5.69 Å². The lowest BCUT2D eigenvalue weighted by Crippen LogP contribution is -2.58. The van der Waals surface area contributed by atoms with Gasteiger partial charge in [-0.3, -0.25) is 4.79 Å². The van der Waals surface area contributed by atoms with Crippen LogP contribution in [0.4, 0.5) is 23.1 Å². The van der Waals surface area contributed by atoms with Crippen LogP contribution in [0, 0.1) is 0 Å². The molecule has 1 aromatic carbocycles. The largest absolute Gasteiger partial charge is 0.399 e. The van der Waals surface area contributed by atoms with Crippen LogP contribution in [-0.4, -0.2) is 55.7 Å². The maximum Gasteiger partial charge on any atom is 0.246 e. The summed E-state index contributed by atoms with van der Waals surface area (Å²) in [5.74, 6) is 1.47. The number of carbonyl (C=O) groups excluding carboxylic acids is 1. The van der Waals surface area contributed by atoms with Crippen molar-refractivity contribution in [3.63, 3.8) is 0 Å². The van der Waals surface area contributed by atoms with Gasteiger partial charge in [-0.15, -0.1) is 5.10 Å². The predicted molar refractivity (Wildman–Crippen MR) is 117 cm³/mol. The Morgan fingerprint density at radius 1 is 1.10 bits per heavy atom. The summed E-state index contributed by atoms with van der Waals surface area (Å²) in [6.45, 7) is 7.24. The minimum Gasteiger partial charge on any atom is -0.399 e. The number of nitrogens with two attached hydrogens (primary N) is 1. The highest BCUT2D eigenvalue weighted by Gasteiger charge is 2.31. The number of aromatic nitrogens is 4. The van der Waals surface area contributed by atoms with E-state index in [0.29, 0.717) is 11.6 Å². The molecule has 0 radical (unpaired) electrons. The number of rotatable bonds is 4. The highest BCUT2D eigenvalue weighted by atomic mass is 16.2. The lowest BCUT2D eigenvalue weighted by Gasteiger charge is -2.44. The van der Waals surface area contributed by atoms with Crippen LogP contribution in [0.1, 0.15) is 20.8 Å². The van der Waals surface area contributed by atoms with Gasteiger partial charge in [0.05, 0.1) is 5.69 Å². The molecular formula is C21H26N8O. The van der Waals surface area contributed by atoms with E-state index in [9.17, 15) is 4.79 Å². The molecule has 30 heavy (non-hydrogen) atoms. The molecule has 9 heteroatoms. The molecular weight excluding hydrogens is 380 g/mol. The molecule has 3 heterocycles. The molecule has 0 saturated carbocycles. The van der Waals surface area contributed by atoms with Gasteiger partial charge >= 0.3 is 0 Å². The minimum absolute atomic E-state index is 0.111. The van der Waals surface area contributed by atoms with Crippen molar-refractivity contribution in [2.24, 2.45) is 0 Å². The number of amides is 1. The molecule has 0 spiro atoms. The van der Waals surface area contributed by atoms with Crippen LogP contribution in [-0.2, 0) is 4.79 Å². The molecule has 1 aliphatic heterocycles. The van der Waals surface area contributed by atoms with Gasteiger partial charge in [0.25, 0.3) is 0 Å². The van der Waals surface area contributed by atoms with E-state index in [4.69, 9.17) is 5.73 Å². The monoisotopic (exact) mass is 406 g/mol. The van der Waals surface area contributed by atoms with Crippen molar-refractivity contribution < 1.29 is 4.79 Å². The molecule has 1 fully saturated rings. The molecule has 4 rings (SSSR count). The first kappa shape index (κ1) is 19.7. The van der Waals surface area contributed by atoms with Crippen molar-refractivity contribution in [3.05, 3.63) is 48.9 Å². The fourth-order valence-corrected chi connectivity index (χ4v) is 3.99. The zero-order chi connectivity index (χ0) is 21.3. The van der Waals surface area contributed by atoms with Crippen LogP contribution >= 0.6 is 0 Å². The summed E-state index contributed by atoms with van der Waals surface area (Å²) in [5.41, 5.74) is 8.16. The second-order valence-corrected chi connectivity index (χ2v) is 7.66. The van der Waals surface area contributed by atoms with E-state index in [1.807, 2.05) is 41.3 Å². The number of pyridine rings is 1. The number of piperazine rings is 1. The smallest absolute Gasteiger partial charge is 0.246 e. The van der Waals surface area contributed by atoms with E-state index >= 15 is 0 Å². The second-order valence-electron chi connectivity index (χ2n) is 7.66. The summed E-state index contributed by atoms with van der Waals surface area (Å²) in [5, 5.41) is 7.68. The van der Waals surface area contributed by atoms with Crippen LogP contribution in [0.3, 0.4) is 0 Å². The average molecular weight is 406 g/mol. The summed E-state index contributed by atoms with van der Waals surface area (Å²) in [6, 6.07) is 11.5. The van der Waals surface area contributed by atoms with Gasteiger partial charge in [-0.05, 0) is 44.2 Å². The Kier molecular flexibility index (Phi) is 5.26. The van der Waals surface area contributed by atoms with Gasteiger partial charge in [0.1, 0.15) is 12.1 Å². The number of carbonyl (C=O) groups is 1. The summed E-state index contributed by atoms with van der Waals surface area (Å²) < 4.78 is 1.71. The minimum atomic E-state index is 0.111. The third-order valence-electron chi connectivity index (χ3n) is 5.26. The Labute approximate surface area is 175 Å². The summed E-state index contributed by atoms with van der Waals surface area (Å²) in [6.07, 6.45) is 3.43. The van der Waals surface area contributed by atoms with Gasteiger partial charge in [-0.2, -0.15) is 4.98 Å². The molecule has 0 aliphatic carbocycles. The van der Waals surface area contributed by atoms with Gasteiger partial charge in [-0.1, -0.05) is 0 Å². The highest BCUT2D eigenvalue weighted by Crippen LogP contribution is 2.23. The Bertz CT molecular complexity index is 1020. The number of hydrogen-bond acceptors (Lipinski definition) is 7. The van der Waals surface area contributed by atoms with Crippen LogP contribution in [0.5, 0.6) is 0 Å². The van der Waals surface area contributed by atoms with Crippen molar-refractivity contribution in [2.75, 3.05) is 29.0 Å². The molecule has 156 valence electrons. The topological polar surface area (TPSA) is 105 Å². The van der Waals surface area contributed by atoms with E-state index < -0.39 is 0 Å². The maximum absolute atomic E-state index is 11.9. The van der Waals surface area contributed by atoms with E-state index in [2.05, 4.69) is 39.1 Å². The fraction of sp³-hybridized carbons (Fsp3) is 0.333. The average Bonchev–Trinajstić information content (AvgIpc) is 3.17. The van der Waals surface area contributed by atoms with Crippen LogP contribution in [0.2, 0.25) is 0 Å². The zero-order valence-corrected chi connectivity index (χ0v) is 17.4. The molecule has 2 atom stereocenters. The number of anilines is 4. The second kappa shape index (κ2) is 8.02. The highest BCUT2D eigenvalue weighted by molar-refractivity contribution is 5.74. The van der Waals surface area contributed by atoms with Gasteiger partial charge in [0, 0.05) is 55.7 Å². The first-order chi connectivity index (χ1) is 14.4. The molecule has 0 bridgehead atoms. The first-order valence-corrected chi connectivity index (χ1v) is 9.95. The Hall–Kier alpha value is -3.62. The fourth-order valence-electron chi connectivity index (χ4n) is 3.99. The molecule has 1 saturated heterocycles. The van der Waals surface area contributed by atoms with Gasteiger partial charge in [0.2, 0.25) is 11.9 Å². The number of nitrogen functional groups attached to an aromatic ring is 1. The lowest BCUT2D eigenvalue weighted by molar-refractivity contribution is -0.133. The molecule has 1 aliphatic rings. The van der Waals surface area contributed by atoms with Crippen molar-refractivity contribution in [1.82, 2.24) is 24.6 Å². The number of hydrogen-bond donors (Lipinski definition) is 2. The molecule has 9 nitrogen and oxygen atoms in total. The van der Waals surface area contributed by atoms with Crippen molar-refractivity contribution >= 4 is 29.0 Å². The quantitative estimate of drug-likeness (QED) is 0.641. The van der Waals surface area contributed by atoms with Crippen LogP contribution in [0.25, 0.3) is 5.69 Å². The van der Waals surface area contributed by atoms with E-state index in [1.165, 1.54) is 0 Å². The lowest BCUT2D eigenvalue weighted by atomic mass is 10.1. The molecule has 1 amide bonds. The Morgan fingerprint density at radius 3 is 2.47 bits per heavy atom. The standard InChI is InChI=1S/C21H26N8O/c1-14-11-27(12-15(2)29(14)16(3)30)20-10-19(8-9-23-20)28-13-24-21(26-28)25-18-6-4-17(22)5-7-18/h4-10,13-15H,11-12,22H2,1-3H3,(H,25,26). The van der Waals surface area contributed by atoms with Crippen LogP contribution < -0.4 is 16.0 Å². The maximum atomic E-state index is 11.9. The third kappa shape index (κ3) is 4.05. The number of nitrogens with one attached hydrogen (secondary N) is 1. The van der Waals surface area contributed by atoms with Crippen LogP contribution in [0.15, 0.2) is 48.9 Å². The number of nitrogens with zero attached hydrogens (tertiary/aromatic N) is 6. The van der Waals surface area contributed by atoms with Gasteiger partial charge in [0.15, 0.2) is 0 Å². The van der Waals surface area contributed by atoms with Crippen molar-refractivity contribution in [2.45, 2.75) is 32.9 Å². The molecule has 3 N–H and O–H groups in total. The molecule has 2 aromatic heterocycles. The molecule has 2 unspecified atom stereocenters. The van der Waals surface area contributed by atoms with Gasteiger partial charge < -0.3 is 20.9 Å². The zero-order valence-electron chi connectivity index (χ0n) is 17.4. The summed E-state index contributed by atoms with van der Waals surface area (Å²) in [7, 11) is 0. The third-order valence-corrected chi connectivity index (χ3v) is 5.26. The van der Waals surface area contributed by atoms with E-state index in [1.54, 1.807) is 24.1 Å². The predicted octanol–water partition coefficient (Wildman–Crippen LogP) is 2.43. The Morgan fingerprint density at radius 2 is 1.80 bits per heavy atom.